The Balaban J connectivity index is 2.21. The van der Waals surface area contributed by atoms with Gasteiger partial charge in [0.05, 0.1) is 14.2 Å². The number of hydrogen-bond acceptors (Lipinski definition) is 3. The van der Waals surface area contributed by atoms with Crippen molar-refractivity contribution in [3.63, 3.8) is 0 Å². The molecule has 2 aromatic carbocycles. The van der Waals surface area contributed by atoms with Gasteiger partial charge in [-0.1, -0.05) is 18.2 Å². The average molecular weight is 287 g/mol. The van der Waals surface area contributed by atoms with Gasteiger partial charge in [0, 0.05) is 5.54 Å². The van der Waals surface area contributed by atoms with Crippen LogP contribution in [0, 0.1) is 0 Å². The standard InChI is InChI=1S/C18H25NO2/c1-18(2,3)19-9-8-13-6-7-14-11-16(20-4)17(21-5)12-15(14)10-13/h6-7,10-12,19H,8-9H2,1-5H3. The molecule has 0 saturated heterocycles. The Morgan fingerprint density at radius 1 is 0.905 bits per heavy atom. The molecule has 0 atom stereocenters. The SMILES string of the molecule is COc1cc2ccc(CCNC(C)(C)C)cc2cc1OC. The third-order valence-corrected chi connectivity index (χ3v) is 3.48. The number of benzene rings is 2. The summed E-state index contributed by atoms with van der Waals surface area (Å²) < 4.78 is 10.7. The summed E-state index contributed by atoms with van der Waals surface area (Å²) in [4.78, 5) is 0. The van der Waals surface area contributed by atoms with Gasteiger partial charge >= 0.3 is 0 Å². The fourth-order valence-corrected chi connectivity index (χ4v) is 2.36. The molecule has 0 heterocycles. The smallest absolute Gasteiger partial charge is 0.161 e. The highest BCUT2D eigenvalue weighted by Crippen LogP contribution is 2.32. The Morgan fingerprint density at radius 2 is 1.52 bits per heavy atom. The molecule has 0 aliphatic carbocycles. The topological polar surface area (TPSA) is 30.5 Å². The van der Waals surface area contributed by atoms with E-state index in [0.717, 1.165) is 24.5 Å². The lowest BCUT2D eigenvalue weighted by Gasteiger charge is -2.20. The minimum Gasteiger partial charge on any atom is -0.493 e. The van der Waals surface area contributed by atoms with E-state index in [1.165, 1.54) is 16.3 Å². The van der Waals surface area contributed by atoms with Crippen molar-refractivity contribution in [1.82, 2.24) is 5.32 Å². The van der Waals surface area contributed by atoms with Gasteiger partial charge in [0.15, 0.2) is 11.5 Å². The molecule has 0 aliphatic rings. The van der Waals surface area contributed by atoms with E-state index in [4.69, 9.17) is 9.47 Å². The quantitative estimate of drug-likeness (QED) is 0.907. The van der Waals surface area contributed by atoms with Crippen LogP contribution in [-0.4, -0.2) is 26.3 Å². The van der Waals surface area contributed by atoms with E-state index in [2.05, 4.69) is 44.3 Å². The second-order valence-electron chi connectivity index (χ2n) is 6.32. The first-order valence-electron chi connectivity index (χ1n) is 7.32. The zero-order valence-electron chi connectivity index (χ0n) is 13.6. The van der Waals surface area contributed by atoms with E-state index in [1.807, 2.05) is 12.1 Å². The van der Waals surface area contributed by atoms with Crippen LogP contribution in [0.2, 0.25) is 0 Å². The number of hydrogen-bond donors (Lipinski definition) is 1. The molecule has 0 fully saturated rings. The molecule has 3 nitrogen and oxygen atoms in total. The van der Waals surface area contributed by atoms with Crippen molar-refractivity contribution >= 4 is 10.8 Å². The Bertz CT molecular complexity index is 614. The van der Waals surface area contributed by atoms with Gasteiger partial charge in [-0.2, -0.15) is 0 Å². The molecule has 0 spiro atoms. The second kappa shape index (κ2) is 6.35. The highest BCUT2D eigenvalue weighted by molar-refractivity contribution is 5.86. The molecular weight excluding hydrogens is 262 g/mol. The van der Waals surface area contributed by atoms with E-state index in [0.29, 0.717) is 0 Å². The van der Waals surface area contributed by atoms with Gasteiger partial charge < -0.3 is 14.8 Å². The van der Waals surface area contributed by atoms with Gasteiger partial charge in [0.2, 0.25) is 0 Å². The van der Waals surface area contributed by atoms with Crippen molar-refractivity contribution in [3.8, 4) is 11.5 Å². The van der Waals surface area contributed by atoms with Crippen molar-refractivity contribution in [2.24, 2.45) is 0 Å². The summed E-state index contributed by atoms with van der Waals surface area (Å²) in [7, 11) is 3.33. The monoisotopic (exact) mass is 287 g/mol. The maximum Gasteiger partial charge on any atom is 0.161 e. The van der Waals surface area contributed by atoms with Gasteiger partial charge in [-0.3, -0.25) is 0 Å². The molecule has 2 rings (SSSR count). The van der Waals surface area contributed by atoms with Gasteiger partial charge in [0.1, 0.15) is 0 Å². The van der Waals surface area contributed by atoms with E-state index >= 15 is 0 Å². The van der Waals surface area contributed by atoms with Crippen molar-refractivity contribution in [2.45, 2.75) is 32.7 Å². The number of nitrogens with one attached hydrogen (secondary N) is 1. The lowest BCUT2D eigenvalue weighted by Crippen LogP contribution is -2.37. The van der Waals surface area contributed by atoms with E-state index in [1.54, 1.807) is 14.2 Å². The van der Waals surface area contributed by atoms with E-state index in [9.17, 15) is 0 Å². The summed E-state index contributed by atoms with van der Waals surface area (Å²) in [5, 5.41) is 5.86. The highest BCUT2D eigenvalue weighted by Gasteiger charge is 2.09. The fraction of sp³-hybridized carbons (Fsp3) is 0.444. The summed E-state index contributed by atoms with van der Waals surface area (Å²) >= 11 is 0. The lowest BCUT2D eigenvalue weighted by molar-refractivity contribution is 0.356. The molecular formula is C18H25NO2. The largest absolute Gasteiger partial charge is 0.493 e. The number of fused-ring (bicyclic) bond motifs is 1. The van der Waals surface area contributed by atoms with Crippen LogP contribution in [0.25, 0.3) is 10.8 Å². The molecule has 0 saturated carbocycles. The summed E-state index contributed by atoms with van der Waals surface area (Å²) in [6.45, 7) is 7.53. The fourth-order valence-electron chi connectivity index (χ4n) is 2.36. The molecule has 0 aliphatic heterocycles. The molecule has 0 aromatic heterocycles. The third-order valence-electron chi connectivity index (χ3n) is 3.48. The van der Waals surface area contributed by atoms with Crippen molar-refractivity contribution < 1.29 is 9.47 Å². The first-order chi connectivity index (χ1) is 9.93. The zero-order valence-corrected chi connectivity index (χ0v) is 13.6. The van der Waals surface area contributed by atoms with Crippen LogP contribution < -0.4 is 14.8 Å². The summed E-state index contributed by atoms with van der Waals surface area (Å²) in [5.74, 6) is 1.54. The molecule has 0 radical (unpaired) electrons. The van der Waals surface area contributed by atoms with Gasteiger partial charge in [-0.05, 0) is 62.2 Å². The van der Waals surface area contributed by atoms with Gasteiger partial charge in [0.25, 0.3) is 0 Å². The Morgan fingerprint density at radius 3 is 2.10 bits per heavy atom. The number of rotatable bonds is 5. The van der Waals surface area contributed by atoms with Crippen LogP contribution >= 0.6 is 0 Å². The summed E-state index contributed by atoms with van der Waals surface area (Å²) in [6, 6.07) is 10.6. The molecule has 2 aromatic rings. The minimum atomic E-state index is 0.160. The number of ether oxygens (including phenoxy) is 2. The van der Waals surface area contributed by atoms with Crippen molar-refractivity contribution in [1.29, 1.82) is 0 Å². The molecule has 0 amide bonds. The molecule has 1 N–H and O–H groups in total. The maximum atomic E-state index is 5.37. The minimum absolute atomic E-state index is 0.160. The Kier molecular flexibility index (Phi) is 4.73. The summed E-state index contributed by atoms with van der Waals surface area (Å²) in [5.41, 5.74) is 1.49. The maximum absolute atomic E-state index is 5.37. The third kappa shape index (κ3) is 4.11. The van der Waals surface area contributed by atoms with Crippen molar-refractivity contribution in [2.75, 3.05) is 20.8 Å². The average Bonchev–Trinajstić information content (AvgIpc) is 2.44. The first-order valence-corrected chi connectivity index (χ1v) is 7.32. The Labute approximate surface area is 127 Å². The second-order valence-corrected chi connectivity index (χ2v) is 6.32. The number of methoxy groups -OCH3 is 2. The lowest BCUT2D eigenvalue weighted by atomic mass is 10.0. The van der Waals surface area contributed by atoms with Crippen molar-refractivity contribution in [3.05, 3.63) is 35.9 Å². The summed E-state index contributed by atoms with van der Waals surface area (Å²) in [6.07, 6.45) is 1.02. The van der Waals surface area contributed by atoms with Crippen LogP contribution in [0.15, 0.2) is 30.3 Å². The predicted octanol–water partition coefficient (Wildman–Crippen LogP) is 3.79. The Hall–Kier alpha value is -1.74. The van der Waals surface area contributed by atoms with Crippen LogP contribution in [-0.2, 0) is 6.42 Å². The molecule has 21 heavy (non-hydrogen) atoms. The zero-order chi connectivity index (χ0) is 15.5. The van der Waals surface area contributed by atoms with Gasteiger partial charge in [-0.15, -0.1) is 0 Å². The first kappa shape index (κ1) is 15.6. The van der Waals surface area contributed by atoms with Gasteiger partial charge in [-0.25, -0.2) is 0 Å². The molecule has 0 bridgehead atoms. The van der Waals surface area contributed by atoms with Crippen LogP contribution in [0.1, 0.15) is 26.3 Å². The van der Waals surface area contributed by atoms with Crippen LogP contribution in [0.4, 0.5) is 0 Å². The normalized spacial score (nSPS) is 11.7. The molecule has 114 valence electrons. The van der Waals surface area contributed by atoms with Crippen LogP contribution in [0.3, 0.4) is 0 Å². The van der Waals surface area contributed by atoms with E-state index < -0.39 is 0 Å². The van der Waals surface area contributed by atoms with E-state index in [-0.39, 0.29) is 5.54 Å². The highest BCUT2D eigenvalue weighted by atomic mass is 16.5. The predicted molar refractivity (Wildman–Crippen MR) is 88.5 cm³/mol. The van der Waals surface area contributed by atoms with Crippen LogP contribution in [0.5, 0.6) is 11.5 Å². The molecule has 3 heteroatoms. The molecule has 0 unspecified atom stereocenters.